The molecule has 1 aliphatic rings. The molecule has 1 amide bonds. The highest BCUT2D eigenvalue weighted by atomic mass is 16.5. The molecular formula is C28H32N6O4. The van der Waals surface area contributed by atoms with Gasteiger partial charge in [-0.05, 0) is 57.2 Å². The summed E-state index contributed by atoms with van der Waals surface area (Å²) in [6.45, 7) is 1.99. The Balaban J connectivity index is 1.40. The molecule has 198 valence electrons. The number of methoxy groups -OCH3 is 3. The van der Waals surface area contributed by atoms with E-state index in [1.54, 1.807) is 39.7 Å². The van der Waals surface area contributed by atoms with Crippen LogP contribution in [0, 0.1) is 0 Å². The monoisotopic (exact) mass is 516 g/mol. The van der Waals surface area contributed by atoms with Crippen molar-refractivity contribution < 1.29 is 19.0 Å². The minimum absolute atomic E-state index is 0.0581. The van der Waals surface area contributed by atoms with Crippen LogP contribution in [0.15, 0.2) is 54.9 Å². The Morgan fingerprint density at radius 2 is 1.74 bits per heavy atom. The van der Waals surface area contributed by atoms with Crippen LogP contribution in [-0.2, 0) is 0 Å². The van der Waals surface area contributed by atoms with E-state index in [0.717, 1.165) is 37.0 Å². The van der Waals surface area contributed by atoms with Crippen molar-refractivity contribution in [3.63, 3.8) is 0 Å². The summed E-state index contributed by atoms with van der Waals surface area (Å²) >= 11 is 0. The molecule has 38 heavy (non-hydrogen) atoms. The number of nitrogens with zero attached hydrogens (tertiary/aromatic N) is 4. The summed E-state index contributed by atoms with van der Waals surface area (Å²) in [5, 5.41) is 7.29. The number of ether oxygens (including phenoxy) is 3. The Hall–Kier alpha value is -4.31. The number of hydrogen-bond donors (Lipinski definition) is 2. The highest BCUT2D eigenvalue weighted by Gasteiger charge is 2.20. The van der Waals surface area contributed by atoms with Crippen LogP contribution in [0.3, 0.4) is 0 Å². The molecule has 3 heterocycles. The Kier molecular flexibility index (Phi) is 7.32. The van der Waals surface area contributed by atoms with Crippen molar-refractivity contribution in [2.75, 3.05) is 46.8 Å². The van der Waals surface area contributed by atoms with Crippen LogP contribution in [0.1, 0.15) is 23.2 Å². The molecule has 10 heteroatoms. The number of anilines is 2. The van der Waals surface area contributed by atoms with Crippen LogP contribution in [0.25, 0.3) is 16.7 Å². The van der Waals surface area contributed by atoms with Crippen LogP contribution >= 0.6 is 0 Å². The Morgan fingerprint density at radius 1 is 1.00 bits per heavy atom. The predicted molar refractivity (Wildman–Crippen MR) is 146 cm³/mol. The van der Waals surface area contributed by atoms with E-state index in [-0.39, 0.29) is 11.9 Å². The quantitative estimate of drug-likeness (QED) is 0.362. The molecule has 5 rings (SSSR count). The minimum Gasteiger partial charge on any atom is -0.493 e. The van der Waals surface area contributed by atoms with Gasteiger partial charge in [-0.15, -0.1) is 0 Å². The fraction of sp³-hybridized carbons (Fsp3) is 0.321. The SMILES string of the molecule is COc1cc(Nc2ncc3ccn(-c4cccc(C(=O)NC5CCN(C)CC5)c4)c3n2)cc(OC)c1OC. The number of carbonyl (C=O) groups is 1. The van der Waals surface area contributed by atoms with Crippen LogP contribution < -0.4 is 24.8 Å². The van der Waals surface area contributed by atoms with Gasteiger partial charge in [-0.3, -0.25) is 4.79 Å². The summed E-state index contributed by atoms with van der Waals surface area (Å²) in [4.78, 5) is 24.5. The third-order valence-electron chi connectivity index (χ3n) is 6.79. The van der Waals surface area contributed by atoms with Gasteiger partial charge in [-0.25, -0.2) is 4.98 Å². The van der Waals surface area contributed by atoms with Gasteiger partial charge in [0.15, 0.2) is 11.5 Å². The van der Waals surface area contributed by atoms with Crippen molar-refractivity contribution in [2.45, 2.75) is 18.9 Å². The largest absolute Gasteiger partial charge is 0.493 e. The van der Waals surface area contributed by atoms with Crippen LogP contribution in [-0.4, -0.2) is 72.9 Å². The molecule has 1 aliphatic heterocycles. The summed E-state index contributed by atoms with van der Waals surface area (Å²) in [6.07, 6.45) is 5.61. The van der Waals surface area contributed by atoms with Crippen molar-refractivity contribution >= 4 is 28.6 Å². The molecule has 0 saturated carbocycles. The zero-order valence-corrected chi connectivity index (χ0v) is 22.0. The fourth-order valence-corrected chi connectivity index (χ4v) is 4.69. The summed E-state index contributed by atoms with van der Waals surface area (Å²) in [7, 11) is 6.81. The number of benzene rings is 2. The van der Waals surface area contributed by atoms with E-state index in [9.17, 15) is 4.79 Å². The molecular weight excluding hydrogens is 484 g/mol. The average Bonchev–Trinajstić information content (AvgIpc) is 3.37. The van der Waals surface area contributed by atoms with E-state index < -0.39 is 0 Å². The molecule has 10 nitrogen and oxygen atoms in total. The van der Waals surface area contributed by atoms with Gasteiger partial charge in [-0.2, -0.15) is 4.98 Å². The van der Waals surface area contributed by atoms with Crippen LogP contribution in [0.2, 0.25) is 0 Å². The molecule has 2 aromatic heterocycles. The molecule has 0 spiro atoms. The van der Waals surface area contributed by atoms with Gasteiger partial charge in [0.25, 0.3) is 5.91 Å². The Labute approximate surface area is 221 Å². The maximum Gasteiger partial charge on any atom is 0.251 e. The highest BCUT2D eigenvalue weighted by molar-refractivity contribution is 5.95. The molecule has 0 radical (unpaired) electrons. The molecule has 1 fully saturated rings. The fourth-order valence-electron chi connectivity index (χ4n) is 4.69. The van der Waals surface area contributed by atoms with Gasteiger partial charge in [0.05, 0.1) is 21.3 Å². The van der Waals surface area contributed by atoms with Gasteiger partial charge in [0.1, 0.15) is 5.65 Å². The van der Waals surface area contributed by atoms with E-state index in [2.05, 4.69) is 27.6 Å². The van der Waals surface area contributed by atoms with E-state index in [1.807, 2.05) is 41.1 Å². The third kappa shape index (κ3) is 5.21. The number of fused-ring (bicyclic) bond motifs is 1. The second-order valence-corrected chi connectivity index (χ2v) is 9.30. The van der Waals surface area contributed by atoms with Crippen molar-refractivity contribution in [2.24, 2.45) is 0 Å². The number of nitrogens with one attached hydrogen (secondary N) is 2. The van der Waals surface area contributed by atoms with Gasteiger partial charge in [0, 0.05) is 52.9 Å². The lowest BCUT2D eigenvalue weighted by Crippen LogP contribution is -2.43. The topological polar surface area (TPSA) is 103 Å². The van der Waals surface area contributed by atoms with Crippen molar-refractivity contribution in [3.05, 3.63) is 60.4 Å². The lowest BCUT2D eigenvalue weighted by Gasteiger charge is -2.29. The molecule has 0 unspecified atom stereocenters. The van der Waals surface area contributed by atoms with E-state index in [0.29, 0.717) is 40.1 Å². The third-order valence-corrected chi connectivity index (χ3v) is 6.79. The lowest BCUT2D eigenvalue weighted by molar-refractivity contribution is 0.0917. The Morgan fingerprint density at radius 3 is 2.42 bits per heavy atom. The summed E-state index contributed by atoms with van der Waals surface area (Å²) in [6, 6.07) is 13.3. The first kappa shape index (κ1) is 25.3. The molecule has 1 saturated heterocycles. The molecule has 2 aromatic carbocycles. The lowest BCUT2D eigenvalue weighted by atomic mass is 10.0. The maximum absolute atomic E-state index is 13.0. The van der Waals surface area contributed by atoms with Crippen LogP contribution in [0.4, 0.5) is 11.6 Å². The number of rotatable bonds is 8. The van der Waals surface area contributed by atoms with E-state index in [4.69, 9.17) is 19.2 Å². The Bertz CT molecular complexity index is 1420. The van der Waals surface area contributed by atoms with Gasteiger partial charge in [0.2, 0.25) is 11.7 Å². The number of carbonyl (C=O) groups excluding carboxylic acids is 1. The van der Waals surface area contributed by atoms with Crippen LogP contribution in [0.5, 0.6) is 17.2 Å². The van der Waals surface area contributed by atoms with Gasteiger partial charge in [-0.1, -0.05) is 6.07 Å². The van der Waals surface area contributed by atoms with E-state index in [1.165, 1.54) is 0 Å². The first-order chi connectivity index (χ1) is 18.5. The van der Waals surface area contributed by atoms with Gasteiger partial charge < -0.3 is 34.3 Å². The zero-order valence-electron chi connectivity index (χ0n) is 22.0. The second kappa shape index (κ2) is 11.0. The van der Waals surface area contributed by atoms with Crippen molar-refractivity contribution in [3.8, 4) is 22.9 Å². The van der Waals surface area contributed by atoms with Gasteiger partial charge >= 0.3 is 0 Å². The average molecular weight is 517 g/mol. The normalized spacial score (nSPS) is 14.3. The first-order valence-electron chi connectivity index (χ1n) is 12.5. The highest BCUT2D eigenvalue weighted by Crippen LogP contribution is 2.40. The van der Waals surface area contributed by atoms with Crippen molar-refractivity contribution in [1.29, 1.82) is 0 Å². The molecule has 0 atom stereocenters. The van der Waals surface area contributed by atoms with Crippen molar-refractivity contribution in [1.82, 2.24) is 24.8 Å². The standard InChI is InChI=1S/C28H32N6O4/c1-33-11-9-20(10-12-33)30-27(35)18-6-5-7-22(14-18)34-13-8-19-17-29-28(32-26(19)34)31-21-15-23(36-2)25(38-4)24(16-21)37-3/h5-8,13-17,20H,9-12H2,1-4H3,(H,30,35)(H,29,31,32). The number of hydrogen-bond acceptors (Lipinski definition) is 8. The number of likely N-dealkylation sites (tertiary alicyclic amines) is 1. The molecule has 2 N–H and O–H groups in total. The maximum atomic E-state index is 13.0. The summed E-state index contributed by atoms with van der Waals surface area (Å²) in [5.74, 6) is 1.90. The van der Waals surface area contributed by atoms with E-state index >= 15 is 0 Å². The number of amides is 1. The summed E-state index contributed by atoms with van der Waals surface area (Å²) in [5.41, 5.74) is 2.86. The molecule has 0 aliphatic carbocycles. The smallest absolute Gasteiger partial charge is 0.251 e. The predicted octanol–water partition coefficient (Wildman–Crippen LogP) is 4.01. The second-order valence-electron chi connectivity index (χ2n) is 9.30. The minimum atomic E-state index is -0.0581. The molecule has 0 bridgehead atoms. The number of piperidine rings is 1. The molecule has 4 aromatic rings. The summed E-state index contributed by atoms with van der Waals surface area (Å²) < 4.78 is 18.3. The first-order valence-corrected chi connectivity index (χ1v) is 12.5. The number of aromatic nitrogens is 3. The zero-order chi connectivity index (χ0) is 26.6.